The van der Waals surface area contributed by atoms with Crippen LogP contribution in [0.3, 0.4) is 0 Å². The average Bonchev–Trinajstić information content (AvgIpc) is 2.65. The first-order valence-corrected chi connectivity index (χ1v) is 10.7. The van der Waals surface area contributed by atoms with Gasteiger partial charge in [-0.1, -0.05) is 0 Å². The molecule has 4 aliphatic carbocycles. The molecule has 0 aliphatic heterocycles. The number of methoxy groups -OCH3 is 1. The third kappa shape index (κ3) is 2.98. The number of hydrogen-bond donors (Lipinski definition) is 0. The van der Waals surface area contributed by atoms with Gasteiger partial charge >= 0.3 is 0 Å². The van der Waals surface area contributed by atoms with Gasteiger partial charge in [-0.3, -0.25) is 9.78 Å². The fraction of sp³-hybridized carbons (Fsp3) is 0.583. The van der Waals surface area contributed by atoms with Gasteiger partial charge < -0.3 is 9.64 Å². The Morgan fingerprint density at radius 1 is 1.14 bits per heavy atom. The maximum Gasteiger partial charge on any atom is 0.255 e. The van der Waals surface area contributed by atoms with Crippen molar-refractivity contribution in [3.63, 3.8) is 0 Å². The predicted molar refractivity (Wildman–Crippen MR) is 111 cm³/mol. The number of hydrogen-bond acceptors (Lipinski definition) is 3. The summed E-state index contributed by atoms with van der Waals surface area (Å²) < 4.78 is 5.34. The smallest absolute Gasteiger partial charge is 0.255 e. The van der Waals surface area contributed by atoms with Gasteiger partial charge in [-0.2, -0.15) is 0 Å². The maximum absolute atomic E-state index is 13.3. The largest absolute Gasteiger partial charge is 0.497 e. The lowest BCUT2D eigenvalue weighted by Crippen LogP contribution is -2.51. The van der Waals surface area contributed by atoms with Crippen LogP contribution in [0.4, 0.5) is 0 Å². The van der Waals surface area contributed by atoms with Crippen molar-refractivity contribution in [1.29, 1.82) is 0 Å². The monoisotopic (exact) mass is 378 g/mol. The van der Waals surface area contributed by atoms with Crippen LogP contribution in [0.25, 0.3) is 10.9 Å². The molecule has 2 aromatic rings. The van der Waals surface area contributed by atoms with Gasteiger partial charge in [0.15, 0.2) is 0 Å². The van der Waals surface area contributed by atoms with Crippen molar-refractivity contribution in [1.82, 2.24) is 9.88 Å². The molecule has 4 saturated carbocycles. The van der Waals surface area contributed by atoms with E-state index in [0.29, 0.717) is 11.0 Å². The van der Waals surface area contributed by atoms with E-state index >= 15 is 0 Å². The number of carbonyl (C=O) groups excluding carboxylic acids is 1. The second kappa shape index (κ2) is 6.47. The van der Waals surface area contributed by atoms with E-state index < -0.39 is 0 Å². The van der Waals surface area contributed by atoms with Crippen LogP contribution in [0, 0.1) is 30.1 Å². The normalized spacial score (nSPS) is 30.6. The Labute approximate surface area is 167 Å². The number of nitrogens with zero attached hydrogens (tertiary/aromatic N) is 2. The number of rotatable bonds is 4. The summed E-state index contributed by atoms with van der Waals surface area (Å²) in [7, 11) is 3.64. The molecule has 0 N–H and O–H groups in total. The fourth-order valence-electron chi connectivity index (χ4n) is 6.86. The molecule has 1 amide bonds. The fourth-order valence-corrected chi connectivity index (χ4v) is 6.86. The molecule has 6 rings (SSSR count). The van der Waals surface area contributed by atoms with Crippen molar-refractivity contribution < 1.29 is 9.53 Å². The molecule has 0 saturated heterocycles. The topological polar surface area (TPSA) is 42.4 Å². The summed E-state index contributed by atoms with van der Waals surface area (Å²) in [6.07, 6.45) is 8.28. The zero-order valence-electron chi connectivity index (χ0n) is 17.2. The van der Waals surface area contributed by atoms with Crippen LogP contribution < -0.4 is 4.74 Å². The molecule has 28 heavy (non-hydrogen) atoms. The minimum atomic E-state index is 0.102. The van der Waals surface area contributed by atoms with E-state index in [1.54, 1.807) is 7.11 Å². The van der Waals surface area contributed by atoms with Crippen LogP contribution in [0.15, 0.2) is 24.3 Å². The summed E-state index contributed by atoms with van der Waals surface area (Å²) in [5.74, 6) is 3.62. The molecule has 1 heterocycles. The highest BCUT2D eigenvalue weighted by Crippen LogP contribution is 2.60. The molecule has 4 bridgehead atoms. The standard InChI is InChI=1S/C24H30N2O2/c1-15-21(10-19-9-20(28-3)4-5-22(19)25-15)23(27)26(2)14-24-11-16-6-17(12-24)8-18(7-16)13-24/h4-5,9-10,16-18H,6-8,11-14H2,1-3H3. The number of fused-ring (bicyclic) bond motifs is 1. The highest BCUT2D eigenvalue weighted by Gasteiger charge is 2.51. The van der Waals surface area contributed by atoms with Gasteiger partial charge in [-0.05, 0) is 92.9 Å². The SMILES string of the molecule is COc1ccc2nc(C)c(C(=O)N(C)CC34CC5CC(CC(C5)C3)C4)cc2c1. The lowest BCUT2D eigenvalue weighted by molar-refractivity contribution is -0.0629. The van der Waals surface area contributed by atoms with Crippen molar-refractivity contribution >= 4 is 16.8 Å². The van der Waals surface area contributed by atoms with Crippen molar-refractivity contribution in [3.8, 4) is 5.75 Å². The molecule has 0 atom stereocenters. The average molecular weight is 379 g/mol. The Balaban J connectivity index is 1.40. The summed E-state index contributed by atoms with van der Waals surface area (Å²) in [5, 5.41) is 0.955. The van der Waals surface area contributed by atoms with Crippen molar-refractivity contribution in [2.45, 2.75) is 45.4 Å². The van der Waals surface area contributed by atoms with Gasteiger partial charge in [-0.25, -0.2) is 0 Å². The van der Waals surface area contributed by atoms with Crippen LogP contribution in [0.5, 0.6) is 5.75 Å². The zero-order chi connectivity index (χ0) is 19.5. The summed E-state index contributed by atoms with van der Waals surface area (Å²) in [6, 6.07) is 7.81. The Bertz CT molecular complexity index is 900. The van der Waals surface area contributed by atoms with E-state index in [4.69, 9.17) is 4.74 Å². The quantitative estimate of drug-likeness (QED) is 0.764. The Hall–Kier alpha value is -2.10. The second-order valence-electron chi connectivity index (χ2n) is 9.76. The van der Waals surface area contributed by atoms with E-state index in [1.165, 1.54) is 38.5 Å². The molecule has 0 radical (unpaired) electrons. The number of carbonyl (C=O) groups is 1. The van der Waals surface area contributed by atoms with Crippen molar-refractivity contribution in [2.24, 2.45) is 23.2 Å². The second-order valence-corrected chi connectivity index (χ2v) is 9.76. The number of ether oxygens (including phenoxy) is 1. The maximum atomic E-state index is 13.3. The van der Waals surface area contributed by atoms with Crippen LogP contribution >= 0.6 is 0 Å². The highest BCUT2D eigenvalue weighted by molar-refractivity contribution is 5.98. The van der Waals surface area contributed by atoms with Crippen molar-refractivity contribution in [3.05, 3.63) is 35.5 Å². The van der Waals surface area contributed by atoms with E-state index in [-0.39, 0.29) is 5.91 Å². The molecule has 0 unspecified atom stereocenters. The first-order chi connectivity index (χ1) is 13.4. The first kappa shape index (κ1) is 18.0. The number of aryl methyl sites for hydroxylation is 1. The lowest BCUT2D eigenvalue weighted by Gasteiger charge is -2.57. The van der Waals surface area contributed by atoms with Gasteiger partial charge in [0.25, 0.3) is 5.91 Å². The van der Waals surface area contributed by atoms with E-state index in [2.05, 4.69) is 4.98 Å². The Morgan fingerprint density at radius 2 is 1.79 bits per heavy atom. The molecule has 4 nitrogen and oxygen atoms in total. The van der Waals surface area contributed by atoms with Gasteiger partial charge in [0.1, 0.15) is 5.75 Å². The summed E-state index contributed by atoms with van der Waals surface area (Å²) in [5.41, 5.74) is 2.78. The van der Waals surface area contributed by atoms with Gasteiger partial charge in [0.2, 0.25) is 0 Å². The van der Waals surface area contributed by atoms with Crippen molar-refractivity contribution in [2.75, 3.05) is 20.7 Å². The molecule has 1 aromatic carbocycles. The van der Waals surface area contributed by atoms with Gasteiger partial charge in [-0.15, -0.1) is 0 Å². The molecule has 4 aliphatic rings. The third-order valence-electron chi connectivity index (χ3n) is 7.53. The molecule has 0 spiro atoms. The number of amides is 1. The van der Waals surface area contributed by atoms with Crippen LogP contribution in [-0.4, -0.2) is 36.5 Å². The van der Waals surface area contributed by atoms with Crippen LogP contribution in [0.1, 0.15) is 54.6 Å². The van der Waals surface area contributed by atoms with Crippen LogP contribution in [-0.2, 0) is 0 Å². The number of benzene rings is 1. The minimum absolute atomic E-state index is 0.102. The first-order valence-electron chi connectivity index (χ1n) is 10.7. The predicted octanol–water partition coefficient (Wildman–Crippen LogP) is 4.84. The van der Waals surface area contributed by atoms with E-state index in [9.17, 15) is 4.79 Å². The van der Waals surface area contributed by atoms with E-state index in [1.807, 2.05) is 43.1 Å². The molecule has 4 fully saturated rings. The van der Waals surface area contributed by atoms with Crippen LogP contribution in [0.2, 0.25) is 0 Å². The molecular weight excluding hydrogens is 348 g/mol. The lowest BCUT2D eigenvalue weighted by atomic mass is 9.49. The molecule has 1 aromatic heterocycles. The summed E-state index contributed by atoms with van der Waals surface area (Å²) in [4.78, 5) is 20.0. The van der Waals surface area contributed by atoms with E-state index in [0.717, 1.165) is 46.6 Å². The molecular formula is C24H30N2O2. The highest BCUT2D eigenvalue weighted by atomic mass is 16.5. The number of pyridine rings is 1. The Morgan fingerprint density at radius 3 is 2.39 bits per heavy atom. The van der Waals surface area contributed by atoms with Gasteiger partial charge in [0, 0.05) is 19.0 Å². The third-order valence-corrected chi connectivity index (χ3v) is 7.53. The zero-order valence-corrected chi connectivity index (χ0v) is 17.2. The molecule has 148 valence electrons. The molecule has 4 heteroatoms. The Kier molecular flexibility index (Phi) is 4.15. The van der Waals surface area contributed by atoms with Gasteiger partial charge in [0.05, 0.1) is 23.9 Å². The summed E-state index contributed by atoms with van der Waals surface area (Å²) in [6.45, 7) is 2.83. The number of aromatic nitrogens is 1. The summed E-state index contributed by atoms with van der Waals surface area (Å²) >= 11 is 0. The minimum Gasteiger partial charge on any atom is -0.497 e.